The van der Waals surface area contributed by atoms with Crippen molar-refractivity contribution in [3.8, 4) is 5.82 Å². The summed E-state index contributed by atoms with van der Waals surface area (Å²) in [6.45, 7) is 0. The van der Waals surface area contributed by atoms with E-state index in [0.717, 1.165) is 18.7 Å². The predicted molar refractivity (Wildman–Crippen MR) is 60.3 cm³/mol. The Labute approximate surface area is 97.8 Å². The molecule has 1 aliphatic carbocycles. The second-order valence-electron chi connectivity index (χ2n) is 4.11. The van der Waals surface area contributed by atoms with Crippen LogP contribution in [0.5, 0.6) is 0 Å². The van der Waals surface area contributed by atoms with Gasteiger partial charge in [-0.15, -0.1) is 0 Å². The van der Waals surface area contributed by atoms with Gasteiger partial charge in [-0.3, -0.25) is 4.57 Å². The summed E-state index contributed by atoms with van der Waals surface area (Å²) in [5.74, 6) is 0.836. The zero-order chi connectivity index (χ0) is 11.8. The summed E-state index contributed by atoms with van der Waals surface area (Å²) in [6, 6.07) is 3.18. The van der Waals surface area contributed by atoms with Gasteiger partial charge >= 0.3 is 5.97 Å². The van der Waals surface area contributed by atoms with E-state index in [1.54, 1.807) is 35.3 Å². The topological polar surface area (TPSA) is 68.0 Å². The van der Waals surface area contributed by atoms with Crippen LogP contribution in [0.15, 0.2) is 30.7 Å². The van der Waals surface area contributed by atoms with Crippen LogP contribution in [0.3, 0.4) is 0 Å². The summed E-state index contributed by atoms with van der Waals surface area (Å²) >= 11 is 0. The Hall–Kier alpha value is -2.17. The van der Waals surface area contributed by atoms with Crippen molar-refractivity contribution in [2.45, 2.75) is 18.8 Å². The van der Waals surface area contributed by atoms with Crippen molar-refractivity contribution in [3.05, 3.63) is 42.1 Å². The molecule has 0 unspecified atom stereocenters. The number of aromatic nitrogens is 3. The fourth-order valence-corrected chi connectivity index (χ4v) is 1.89. The lowest BCUT2D eigenvalue weighted by Gasteiger charge is -2.08. The molecule has 2 aromatic rings. The first-order valence-corrected chi connectivity index (χ1v) is 5.49. The third-order valence-corrected chi connectivity index (χ3v) is 2.86. The number of carboxylic acids is 1. The van der Waals surface area contributed by atoms with E-state index in [-0.39, 0.29) is 5.56 Å². The highest BCUT2D eigenvalue weighted by molar-refractivity contribution is 5.91. The first kappa shape index (κ1) is 10.0. The van der Waals surface area contributed by atoms with Gasteiger partial charge in [-0.05, 0) is 25.0 Å². The first-order valence-electron chi connectivity index (χ1n) is 5.49. The number of carboxylic acid groups (broad SMARTS) is 1. The van der Waals surface area contributed by atoms with Crippen LogP contribution in [0.2, 0.25) is 0 Å². The summed E-state index contributed by atoms with van der Waals surface area (Å²) in [7, 11) is 0. The maximum Gasteiger partial charge on any atom is 0.339 e. The average molecular weight is 229 g/mol. The van der Waals surface area contributed by atoms with Gasteiger partial charge in [-0.2, -0.15) is 0 Å². The lowest BCUT2D eigenvalue weighted by molar-refractivity contribution is 0.0696. The van der Waals surface area contributed by atoms with E-state index in [4.69, 9.17) is 5.11 Å². The minimum Gasteiger partial charge on any atom is -0.478 e. The molecule has 0 atom stereocenters. The number of hydrogen-bond acceptors (Lipinski definition) is 3. The SMILES string of the molecule is O=C(O)c1cccnc1-n1ccnc1C1CC1. The molecule has 17 heavy (non-hydrogen) atoms. The van der Waals surface area contributed by atoms with Crippen LogP contribution in [0.1, 0.15) is 34.9 Å². The molecule has 1 N–H and O–H groups in total. The van der Waals surface area contributed by atoms with Gasteiger partial charge in [0.2, 0.25) is 0 Å². The van der Waals surface area contributed by atoms with Crippen LogP contribution in [-0.4, -0.2) is 25.6 Å². The van der Waals surface area contributed by atoms with Gasteiger partial charge < -0.3 is 5.11 Å². The van der Waals surface area contributed by atoms with Crippen LogP contribution in [-0.2, 0) is 0 Å². The van der Waals surface area contributed by atoms with Gasteiger partial charge in [0.25, 0.3) is 0 Å². The van der Waals surface area contributed by atoms with E-state index in [2.05, 4.69) is 9.97 Å². The third-order valence-electron chi connectivity index (χ3n) is 2.86. The van der Waals surface area contributed by atoms with Crippen LogP contribution >= 0.6 is 0 Å². The molecule has 0 saturated heterocycles. The molecule has 0 amide bonds. The summed E-state index contributed by atoms with van der Waals surface area (Å²) < 4.78 is 1.78. The molecule has 0 spiro atoms. The highest BCUT2D eigenvalue weighted by atomic mass is 16.4. The van der Waals surface area contributed by atoms with Crippen molar-refractivity contribution >= 4 is 5.97 Å². The quantitative estimate of drug-likeness (QED) is 0.872. The molecule has 2 aromatic heterocycles. The first-order chi connectivity index (χ1) is 8.27. The van der Waals surface area contributed by atoms with E-state index in [1.807, 2.05) is 0 Å². The molecule has 0 bridgehead atoms. The second-order valence-corrected chi connectivity index (χ2v) is 4.11. The van der Waals surface area contributed by atoms with Crippen molar-refractivity contribution in [2.75, 3.05) is 0 Å². The standard InChI is InChI=1S/C12H11N3O2/c16-12(17)9-2-1-5-13-11(9)15-7-6-14-10(15)8-3-4-8/h1-2,5-8H,3-4H2,(H,16,17). The number of pyridine rings is 1. The maximum absolute atomic E-state index is 11.1. The lowest BCUT2D eigenvalue weighted by Crippen LogP contribution is -2.09. The molecule has 0 aromatic carbocycles. The van der Waals surface area contributed by atoms with Crippen molar-refractivity contribution in [1.82, 2.24) is 14.5 Å². The molecule has 0 aliphatic heterocycles. The summed E-state index contributed by atoms with van der Waals surface area (Å²) in [5.41, 5.74) is 0.201. The second kappa shape index (κ2) is 3.69. The Morgan fingerprint density at radius 1 is 1.35 bits per heavy atom. The number of carbonyl (C=O) groups is 1. The van der Waals surface area contributed by atoms with Crippen LogP contribution < -0.4 is 0 Å². The lowest BCUT2D eigenvalue weighted by atomic mass is 10.2. The Kier molecular flexibility index (Phi) is 2.18. The molecule has 1 saturated carbocycles. The number of nitrogens with zero attached hydrogens (tertiary/aromatic N) is 3. The molecule has 86 valence electrons. The minimum atomic E-state index is -0.969. The zero-order valence-electron chi connectivity index (χ0n) is 9.08. The van der Waals surface area contributed by atoms with Crippen molar-refractivity contribution in [3.63, 3.8) is 0 Å². The zero-order valence-corrected chi connectivity index (χ0v) is 9.08. The number of aromatic carboxylic acids is 1. The molecular formula is C12H11N3O2. The maximum atomic E-state index is 11.1. The Morgan fingerprint density at radius 3 is 2.88 bits per heavy atom. The molecule has 5 heteroatoms. The van der Waals surface area contributed by atoms with Crippen LogP contribution in [0, 0.1) is 0 Å². The summed E-state index contributed by atoms with van der Waals surface area (Å²) in [5, 5.41) is 9.14. The van der Waals surface area contributed by atoms with Gasteiger partial charge in [0, 0.05) is 24.5 Å². The number of hydrogen-bond donors (Lipinski definition) is 1. The minimum absolute atomic E-state index is 0.201. The molecule has 3 rings (SSSR count). The van der Waals surface area contributed by atoms with Gasteiger partial charge in [-0.25, -0.2) is 14.8 Å². The largest absolute Gasteiger partial charge is 0.478 e. The van der Waals surface area contributed by atoms with Gasteiger partial charge in [0.1, 0.15) is 11.4 Å². The van der Waals surface area contributed by atoms with Gasteiger partial charge in [0.15, 0.2) is 5.82 Å². The van der Waals surface area contributed by atoms with E-state index in [1.165, 1.54) is 0 Å². The summed E-state index contributed by atoms with van der Waals surface area (Å²) in [6.07, 6.45) is 7.29. The molecule has 2 heterocycles. The Bertz CT molecular complexity index is 573. The normalized spacial score (nSPS) is 14.8. The van der Waals surface area contributed by atoms with E-state index < -0.39 is 5.97 Å². The van der Waals surface area contributed by atoms with E-state index in [9.17, 15) is 4.79 Å². The van der Waals surface area contributed by atoms with Gasteiger partial charge in [-0.1, -0.05) is 0 Å². The van der Waals surface area contributed by atoms with Crippen molar-refractivity contribution in [2.24, 2.45) is 0 Å². The molecule has 0 radical (unpaired) electrons. The fourth-order valence-electron chi connectivity index (χ4n) is 1.89. The van der Waals surface area contributed by atoms with Crippen molar-refractivity contribution in [1.29, 1.82) is 0 Å². The molecular weight excluding hydrogens is 218 g/mol. The van der Waals surface area contributed by atoms with Gasteiger partial charge in [0.05, 0.1) is 0 Å². The monoisotopic (exact) mass is 229 g/mol. The summed E-state index contributed by atoms with van der Waals surface area (Å²) in [4.78, 5) is 19.6. The highest BCUT2D eigenvalue weighted by Gasteiger charge is 2.29. The molecule has 1 aliphatic rings. The van der Waals surface area contributed by atoms with E-state index >= 15 is 0 Å². The third kappa shape index (κ3) is 1.69. The van der Waals surface area contributed by atoms with E-state index in [0.29, 0.717) is 11.7 Å². The van der Waals surface area contributed by atoms with Crippen LogP contribution in [0.25, 0.3) is 5.82 Å². The molecule has 5 nitrogen and oxygen atoms in total. The van der Waals surface area contributed by atoms with Crippen molar-refractivity contribution < 1.29 is 9.90 Å². The fraction of sp³-hybridized carbons (Fsp3) is 0.250. The number of rotatable bonds is 3. The predicted octanol–water partition coefficient (Wildman–Crippen LogP) is 1.84. The highest BCUT2D eigenvalue weighted by Crippen LogP contribution is 2.39. The molecule has 1 fully saturated rings. The van der Waals surface area contributed by atoms with Crippen LogP contribution in [0.4, 0.5) is 0 Å². The number of imidazole rings is 1. The average Bonchev–Trinajstić information content (AvgIpc) is 3.07. The Morgan fingerprint density at radius 2 is 2.18 bits per heavy atom. The Balaban J connectivity index is 2.14. The smallest absolute Gasteiger partial charge is 0.339 e.